The molecule has 1 fully saturated rings. The molecule has 3 rings (SSSR count). The maximum atomic E-state index is 14.3. The topological polar surface area (TPSA) is 56.2 Å². The third-order valence-corrected chi connectivity index (χ3v) is 4.37. The summed E-state index contributed by atoms with van der Waals surface area (Å²) >= 11 is 0. The molecule has 0 unspecified atom stereocenters. The number of aromatic nitrogens is 2. The minimum absolute atomic E-state index is 0.161. The van der Waals surface area contributed by atoms with Crippen LogP contribution in [0.3, 0.4) is 0 Å². The van der Waals surface area contributed by atoms with Gasteiger partial charge >= 0.3 is 0 Å². The van der Waals surface area contributed by atoms with Crippen molar-refractivity contribution in [1.29, 1.82) is 0 Å². The molecule has 1 atom stereocenters. The number of hydrogen-bond donors (Lipinski definition) is 1. The SMILES string of the molecule is Cc1nccn1-c1ccc(NC(=O)[C@@H](C)OC2CCCC2)cc1F. The van der Waals surface area contributed by atoms with Crippen LogP contribution in [0.15, 0.2) is 30.6 Å². The number of benzene rings is 1. The van der Waals surface area contributed by atoms with Gasteiger partial charge in [-0.25, -0.2) is 9.37 Å². The molecule has 1 amide bonds. The summed E-state index contributed by atoms with van der Waals surface area (Å²) in [5, 5.41) is 2.71. The summed E-state index contributed by atoms with van der Waals surface area (Å²) in [6.07, 6.45) is 7.24. The molecule has 5 nitrogen and oxygen atoms in total. The zero-order valence-corrected chi connectivity index (χ0v) is 14.0. The van der Waals surface area contributed by atoms with Crippen molar-refractivity contribution in [3.63, 3.8) is 0 Å². The molecule has 0 spiro atoms. The number of carbonyl (C=O) groups excluding carboxylic acids is 1. The van der Waals surface area contributed by atoms with Gasteiger partial charge in [0.15, 0.2) is 0 Å². The van der Waals surface area contributed by atoms with Crippen LogP contribution >= 0.6 is 0 Å². The summed E-state index contributed by atoms with van der Waals surface area (Å²) in [6, 6.07) is 4.62. The molecule has 6 heteroatoms. The van der Waals surface area contributed by atoms with Gasteiger partial charge in [0.1, 0.15) is 17.7 Å². The average Bonchev–Trinajstić information content (AvgIpc) is 3.19. The molecule has 1 heterocycles. The standard InChI is InChI=1S/C18H22FN3O2/c1-12(24-15-5-3-4-6-15)18(23)21-14-7-8-17(16(19)11-14)22-10-9-20-13(22)2/h7-12,15H,3-6H2,1-2H3,(H,21,23)/t12-/m1/s1. The first-order valence-electron chi connectivity index (χ1n) is 8.31. The summed E-state index contributed by atoms with van der Waals surface area (Å²) in [4.78, 5) is 16.3. The van der Waals surface area contributed by atoms with Gasteiger partial charge in [-0.05, 0) is 44.9 Å². The van der Waals surface area contributed by atoms with Crippen LogP contribution in [-0.2, 0) is 9.53 Å². The van der Waals surface area contributed by atoms with Gasteiger partial charge in [0.25, 0.3) is 5.91 Å². The molecule has 1 saturated carbocycles. The number of halogens is 1. The first-order valence-corrected chi connectivity index (χ1v) is 8.31. The lowest BCUT2D eigenvalue weighted by Gasteiger charge is -2.18. The summed E-state index contributed by atoms with van der Waals surface area (Å²) < 4.78 is 21.8. The van der Waals surface area contributed by atoms with E-state index in [0.717, 1.165) is 25.7 Å². The Bertz CT molecular complexity index is 723. The number of nitrogens with one attached hydrogen (secondary N) is 1. The minimum Gasteiger partial charge on any atom is -0.365 e. The second-order valence-corrected chi connectivity index (χ2v) is 6.18. The number of carbonyl (C=O) groups is 1. The van der Waals surface area contributed by atoms with E-state index in [2.05, 4.69) is 10.3 Å². The van der Waals surface area contributed by atoms with Crippen molar-refractivity contribution in [3.8, 4) is 5.69 Å². The molecule has 0 aliphatic heterocycles. The lowest BCUT2D eigenvalue weighted by atomic mass is 10.2. The average molecular weight is 331 g/mol. The van der Waals surface area contributed by atoms with E-state index in [1.165, 1.54) is 6.07 Å². The highest BCUT2D eigenvalue weighted by atomic mass is 19.1. The largest absolute Gasteiger partial charge is 0.365 e. The Morgan fingerprint density at radius 2 is 2.17 bits per heavy atom. The van der Waals surface area contributed by atoms with Crippen LogP contribution in [0, 0.1) is 12.7 Å². The van der Waals surface area contributed by atoms with E-state index in [1.54, 1.807) is 42.9 Å². The van der Waals surface area contributed by atoms with Crippen LogP contribution in [0.1, 0.15) is 38.4 Å². The third-order valence-electron chi connectivity index (χ3n) is 4.37. The number of hydrogen-bond acceptors (Lipinski definition) is 3. The van der Waals surface area contributed by atoms with Gasteiger partial charge in [-0.1, -0.05) is 12.8 Å². The zero-order chi connectivity index (χ0) is 17.1. The molecule has 1 aromatic heterocycles. The molecule has 1 aromatic carbocycles. The molecule has 128 valence electrons. The van der Waals surface area contributed by atoms with Crippen molar-refractivity contribution < 1.29 is 13.9 Å². The van der Waals surface area contributed by atoms with Crippen molar-refractivity contribution in [3.05, 3.63) is 42.2 Å². The van der Waals surface area contributed by atoms with Crippen molar-refractivity contribution in [1.82, 2.24) is 9.55 Å². The normalized spacial score (nSPS) is 16.3. The van der Waals surface area contributed by atoms with Gasteiger partial charge in [-0.3, -0.25) is 4.79 Å². The Morgan fingerprint density at radius 1 is 1.42 bits per heavy atom. The van der Waals surface area contributed by atoms with Crippen molar-refractivity contribution in [2.45, 2.75) is 51.7 Å². The molecule has 0 bridgehead atoms. The van der Waals surface area contributed by atoms with E-state index in [9.17, 15) is 9.18 Å². The lowest BCUT2D eigenvalue weighted by molar-refractivity contribution is -0.129. The number of nitrogens with zero attached hydrogens (tertiary/aromatic N) is 2. The summed E-state index contributed by atoms with van der Waals surface area (Å²) in [7, 11) is 0. The summed E-state index contributed by atoms with van der Waals surface area (Å²) in [5.41, 5.74) is 0.819. The number of amides is 1. The Morgan fingerprint density at radius 3 is 2.79 bits per heavy atom. The highest BCUT2D eigenvalue weighted by molar-refractivity contribution is 5.94. The lowest BCUT2D eigenvalue weighted by Crippen LogP contribution is -2.30. The van der Waals surface area contributed by atoms with Gasteiger partial charge in [-0.2, -0.15) is 0 Å². The van der Waals surface area contributed by atoms with Crippen LogP contribution in [-0.4, -0.2) is 27.7 Å². The monoisotopic (exact) mass is 331 g/mol. The van der Waals surface area contributed by atoms with Crippen molar-refractivity contribution in [2.75, 3.05) is 5.32 Å². The molecule has 0 saturated heterocycles. The zero-order valence-electron chi connectivity index (χ0n) is 14.0. The second-order valence-electron chi connectivity index (χ2n) is 6.18. The minimum atomic E-state index is -0.549. The number of anilines is 1. The Kier molecular flexibility index (Phi) is 4.94. The molecular formula is C18H22FN3O2. The first-order chi connectivity index (χ1) is 11.5. The van der Waals surface area contributed by atoms with E-state index < -0.39 is 11.9 Å². The molecule has 1 N–H and O–H groups in total. The van der Waals surface area contributed by atoms with E-state index in [0.29, 0.717) is 17.2 Å². The molecule has 24 heavy (non-hydrogen) atoms. The van der Waals surface area contributed by atoms with Crippen molar-refractivity contribution >= 4 is 11.6 Å². The van der Waals surface area contributed by atoms with E-state index >= 15 is 0 Å². The van der Waals surface area contributed by atoms with Gasteiger partial charge in [0.05, 0.1) is 11.8 Å². The van der Waals surface area contributed by atoms with Crippen molar-refractivity contribution in [2.24, 2.45) is 0 Å². The fourth-order valence-corrected chi connectivity index (χ4v) is 3.03. The highest BCUT2D eigenvalue weighted by Crippen LogP contribution is 2.23. The number of rotatable bonds is 5. The summed E-state index contributed by atoms with van der Waals surface area (Å²) in [5.74, 6) is 0.0235. The molecular weight excluding hydrogens is 309 g/mol. The van der Waals surface area contributed by atoms with Gasteiger partial charge in [-0.15, -0.1) is 0 Å². The highest BCUT2D eigenvalue weighted by Gasteiger charge is 2.22. The van der Waals surface area contributed by atoms with Gasteiger partial charge < -0.3 is 14.6 Å². The Balaban J connectivity index is 1.66. The van der Waals surface area contributed by atoms with Crippen LogP contribution in [0.4, 0.5) is 10.1 Å². The fourth-order valence-electron chi connectivity index (χ4n) is 3.03. The predicted octanol–water partition coefficient (Wildman–Crippen LogP) is 3.61. The van der Waals surface area contributed by atoms with Gasteiger partial charge in [0.2, 0.25) is 0 Å². The van der Waals surface area contributed by atoms with Crippen LogP contribution in [0.25, 0.3) is 5.69 Å². The van der Waals surface area contributed by atoms with E-state index in [1.807, 2.05) is 0 Å². The smallest absolute Gasteiger partial charge is 0.253 e. The van der Waals surface area contributed by atoms with Crippen LogP contribution in [0.5, 0.6) is 0 Å². The maximum Gasteiger partial charge on any atom is 0.253 e. The third kappa shape index (κ3) is 3.64. The predicted molar refractivity (Wildman–Crippen MR) is 89.7 cm³/mol. The van der Waals surface area contributed by atoms with Crippen LogP contribution < -0.4 is 5.32 Å². The Hall–Kier alpha value is -2.21. The van der Waals surface area contributed by atoms with E-state index in [-0.39, 0.29) is 12.0 Å². The molecule has 0 radical (unpaired) electrons. The summed E-state index contributed by atoms with van der Waals surface area (Å²) in [6.45, 7) is 3.53. The fraction of sp³-hybridized carbons (Fsp3) is 0.444. The van der Waals surface area contributed by atoms with Gasteiger partial charge in [0, 0.05) is 18.1 Å². The number of aryl methyl sites for hydroxylation is 1. The maximum absolute atomic E-state index is 14.3. The van der Waals surface area contributed by atoms with E-state index in [4.69, 9.17) is 4.74 Å². The quantitative estimate of drug-likeness (QED) is 0.910. The second kappa shape index (κ2) is 7.13. The number of ether oxygens (including phenoxy) is 1. The van der Waals surface area contributed by atoms with Crippen LogP contribution in [0.2, 0.25) is 0 Å². The number of imidazole rings is 1. The molecule has 1 aliphatic rings. The molecule has 1 aliphatic carbocycles. The Labute approximate surface area is 140 Å². The molecule has 2 aromatic rings. The first kappa shape index (κ1) is 16.6.